The van der Waals surface area contributed by atoms with E-state index in [1.165, 1.54) is 0 Å². The molecule has 156 valence electrons. The summed E-state index contributed by atoms with van der Waals surface area (Å²) in [5.41, 5.74) is 1.19. The zero-order valence-corrected chi connectivity index (χ0v) is 19.1. The normalized spacial score (nSPS) is 31.5. The van der Waals surface area contributed by atoms with Crippen LogP contribution in [-0.2, 0) is 14.0 Å². The predicted molar refractivity (Wildman–Crippen MR) is 114 cm³/mol. The van der Waals surface area contributed by atoms with Crippen LogP contribution in [0.15, 0.2) is 23.3 Å². The van der Waals surface area contributed by atoms with Gasteiger partial charge in [0.25, 0.3) is 0 Å². The van der Waals surface area contributed by atoms with Crippen LogP contribution in [0.3, 0.4) is 0 Å². The second-order valence-electron chi connectivity index (χ2n) is 10.3. The summed E-state index contributed by atoms with van der Waals surface area (Å²) in [5, 5.41) is 9.18. The van der Waals surface area contributed by atoms with Crippen molar-refractivity contribution in [2.24, 2.45) is 11.3 Å². The van der Waals surface area contributed by atoms with Crippen molar-refractivity contribution in [3.05, 3.63) is 23.3 Å². The number of rotatable bonds is 5. The van der Waals surface area contributed by atoms with Gasteiger partial charge >= 0.3 is 0 Å². The Morgan fingerprint density at radius 3 is 2.61 bits per heavy atom. The average molecular weight is 405 g/mol. The fourth-order valence-electron chi connectivity index (χ4n) is 5.06. The zero-order chi connectivity index (χ0) is 20.7. The van der Waals surface area contributed by atoms with Gasteiger partial charge in [-0.25, -0.2) is 0 Å². The molecule has 3 aliphatic rings. The molecule has 3 rings (SSSR count). The van der Waals surface area contributed by atoms with Gasteiger partial charge in [0.05, 0.1) is 11.5 Å². The van der Waals surface area contributed by atoms with Gasteiger partial charge in [-0.15, -0.1) is 0 Å². The van der Waals surface area contributed by atoms with Crippen molar-refractivity contribution in [1.82, 2.24) is 0 Å². The highest BCUT2D eigenvalue weighted by atomic mass is 28.4. The van der Waals surface area contributed by atoms with E-state index in [0.29, 0.717) is 19.3 Å². The van der Waals surface area contributed by atoms with Gasteiger partial charge in [-0.1, -0.05) is 32.9 Å². The molecule has 2 fully saturated rings. The van der Waals surface area contributed by atoms with Crippen LogP contribution in [0.25, 0.3) is 0 Å². The number of aliphatic hydroxyl groups is 1. The van der Waals surface area contributed by atoms with Crippen molar-refractivity contribution in [2.45, 2.75) is 90.0 Å². The molecule has 3 atom stereocenters. The van der Waals surface area contributed by atoms with Gasteiger partial charge in [-0.3, -0.25) is 9.59 Å². The lowest BCUT2D eigenvalue weighted by atomic mass is 9.66. The smallest absolute Gasteiger partial charge is 0.192 e. The van der Waals surface area contributed by atoms with Gasteiger partial charge in [-0.2, -0.15) is 0 Å². The number of Topliss-reactive ketones (excluding diaryl/α,β-unsaturated/α-hetero) is 2. The van der Waals surface area contributed by atoms with Crippen molar-refractivity contribution in [3.63, 3.8) is 0 Å². The Labute approximate surface area is 170 Å². The number of carbonyl (C=O) groups is 2. The Balaban J connectivity index is 2.06. The molecule has 0 unspecified atom stereocenters. The average Bonchev–Trinajstić information content (AvgIpc) is 3.09. The lowest BCUT2D eigenvalue weighted by Gasteiger charge is -2.47. The fourth-order valence-corrected chi connectivity index (χ4v) is 6.45. The third-order valence-electron chi connectivity index (χ3n) is 7.54. The molecule has 5 heteroatoms. The van der Waals surface area contributed by atoms with Gasteiger partial charge in [0.15, 0.2) is 14.1 Å². The Bertz CT molecular complexity index is 713. The quantitative estimate of drug-likeness (QED) is 0.673. The highest BCUT2D eigenvalue weighted by Gasteiger charge is 2.60. The SMILES string of the molecule is CC(C)(C)[Si](C)(C)O[C@H]1CCCC(=O)[C@]12CC[C@H]1CC(=O)C(/C=C\CCO)=C12. The van der Waals surface area contributed by atoms with Crippen LogP contribution in [0.5, 0.6) is 0 Å². The molecule has 0 aromatic carbocycles. The first-order valence-corrected chi connectivity index (χ1v) is 13.7. The zero-order valence-electron chi connectivity index (χ0n) is 18.1. The minimum Gasteiger partial charge on any atom is -0.413 e. The topological polar surface area (TPSA) is 63.6 Å². The maximum atomic E-state index is 13.4. The van der Waals surface area contributed by atoms with Gasteiger partial charge in [-0.05, 0) is 61.7 Å². The minimum atomic E-state index is -2.04. The number of carbonyl (C=O) groups excluding carboxylic acids is 2. The summed E-state index contributed by atoms with van der Waals surface area (Å²) < 4.78 is 6.88. The van der Waals surface area contributed by atoms with Crippen LogP contribution >= 0.6 is 0 Å². The van der Waals surface area contributed by atoms with Gasteiger partial charge in [0.1, 0.15) is 5.78 Å². The number of hydrogen-bond acceptors (Lipinski definition) is 4. The monoisotopic (exact) mass is 404 g/mol. The maximum Gasteiger partial charge on any atom is 0.192 e. The molecule has 4 nitrogen and oxygen atoms in total. The van der Waals surface area contributed by atoms with E-state index >= 15 is 0 Å². The molecule has 0 aromatic heterocycles. The molecule has 0 amide bonds. The number of aliphatic hydroxyl groups excluding tert-OH is 1. The summed E-state index contributed by atoms with van der Waals surface area (Å²) in [6.07, 6.45) is 8.76. The number of ketones is 2. The largest absolute Gasteiger partial charge is 0.413 e. The lowest BCUT2D eigenvalue weighted by molar-refractivity contribution is -0.135. The fraction of sp³-hybridized carbons (Fsp3) is 0.739. The van der Waals surface area contributed by atoms with Gasteiger partial charge < -0.3 is 9.53 Å². The molecule has 0 heterocycles. The molecule has 1 N–H and O–H groups in total. The number of fused-ring (bicyclic) bond motifs is 2. The second kappa shape index (κ2) is 7.65. The molecule has 0 radical (unpaired) electrons. The summed E-state index contributed by atoms with van der Waals surface area (Å²) in [4.78, 5) is 26.2. The summed E-state index contributed by atoms with van der Waals surface area (Å²) in [5.74, 6) is 0.620. The van der Waals surface area contributed by atoms with Crippen LogP contribution in [0.1, 0.15) is 65.7 Å². The Morgan fingerprint density at radius 1 is 1.25 bits per heavy atom. The maximum absolute atomic E-state index is 13.4. The molecular formula is C23H36O4Si. The first-order valence-electron chi connectivity index (χ1n) is 10.8. The summed E-state index contributed by atoms with van der Waals surface area (Å²) in [6.45, 7) is 11.3. The van der Waals surface area contributed by atoms with Gasteiger partial charge in [0.2, 0.25) is 0 Å². The van der Waals surface area contributed by atoms with Gasteiger partial charge in [0, 0.05) is 25.0 Å². The van der Waals surface area contributed by atoms with E-state index in [9.17, 15) is 9.59 Å². The molecule has 0 saturated heterocycles. The number of allylic oxidation sites excluding steroid dienone is 2. The summed E-state index contributed by atoms with van der Waals surface area (Å²) >= 11 is 0. The van der Waals surface area contributed by atoms with Crippen molar-refractivity contribution in [1.29, 1.82) is 0 Å². The van der Waals surface area contributed by atoms with Crippen LogP contribution in [0, 0.1) is 11.3 Å². The van der Waals surface area contributed by atoms with Crippen molar-refractivity contribution in [2.75, 3.05) is 6.61 Å². The molecule has 28 heavy (non-hydrogen) atoms. The molecular weight excluding hydrogens is 368 g/mol. The molecule has 0 aromatic rings. The minimum absolute atomic E-state index is 0.0674. The van der Waals surface area contributed by atoms with Crippen LogP contribution in [-0.4, -0.2) is 37.7 Å². The summed E-state index contributed by atoms with van der Waals surface area (Å²) in [6, 6.07) is 0. The summed E-state index contributed by atoms with van der Waals surface area (Å²) in [7, 11) is -2.04. The standard InChI is InChI=1S/C23H36O4Si/c1-22(2,3)28(4,5)27-20-11-8-10-19(26)23(20)13-12-16-15-18(25)17(21(16)23)9-6-7-14-24/h6,9,16,20,24H,7-8,10-15H2,1-5H3/b9-6-/t16-,20-,23+/m0/s1. The van der Waals surface area contributed by atoms with E-state index in [-0.39, 0.29) is 35.2 Å². The van der Waals surface area contributed by atoms with E-state index < -0.39 is 13.7 Å². The lowest BCUT2D eigenvalue weighted by Crippen LogP contribution is -2.53. The Morgan fingerprint density at radius 2 is 1.96 bits per heavy atom. The first-order chi connectivity index (χ1) is 13.0. The third-order valence-corrected chi connectivity index (χ3v) is 12.0. The highest BCUT2D eigenvalue weighted by molar-refractivity contribution is 6.74. The van der Waals surface area contributed by atoms with Crippen molar-refractivity contribution >= 4 is 19.9 Å². The predicted octanol–water partition coefficient (Wildman–Crippen LogP) is 4.73. The van der Waals surface area contributed by atoms with Crippen molar-refractivity contribution < 1.29 is 19.1 Å². The molecule has 1 spiro atoms. The second-order valence-corrected chi connectivity index (χ2v) is 15.0. The molecule has 0 aliphatic heterocycles. The molecule has 3 aliphatic carbocycles. The van der Waals surface area contributed by atoms with Crippen LogP contribution in [0.4, 0.5) is 0 Å². The van der Waals surface area contributed by atoms with E-state index in [4.69, 9.17) is 9.53 Å². The number of hydrogen-bond donors (Lipinski definition) is 1. The third kappa shape index (κ3) is 3.50. The Kier molecular flexibility index (Phi) is 5.92. The van der Waals surface area contributed by atoms with E-state index in [1.807, 2.05) is 12.2 Å². The van der Waals surface area contributed by atoms with Crippen molar-refractivity contribution in [3.8, 4) is 0 Å². The first kappa shape index (κ1) is 21.7. The van der Waals surface area contributed by atoms with E-state index in [1.54, 1.807) is 0 Å². The Hall–Kier alpha value is -1.04. The highest BCUT2D eigenvalue weighted by Crippen LogP contribution is 2.59. The molecule has 2 saturated carbocycles. The van der Waals surface area contributed by atoms with E-state index in [0.717, 1.165) is 36.8 Å². The van der Waals surface area contributed by atoms with E-state index in [2.05, 4.69) is 33.9 Å². The van der Waals surface area contributed by atoms with Crippen LogP contribution in [0.2, 0.25) is 18.1 Å². The van der Waals surface area contributed by atoms with Crippen LogP contribution < -0.4 is 0 Å². The molecule has 0 bridgehead atoms.